The third-order valence-corrected chi connectivity index (χ3v) is 5.54. The number of hydrogen-bond acceptors (Lipinski definition) is 5. The Labute approximate surface area is 209 Å². The van der Waals surface area contributed by atoms with E-state index in [0.717, 1.165) is 11.1 Å². The fraction of sp³-hybridized carbons (Fsp3) is 0.500. The second-order valence-corrected chi connectivity index (χ2v) is 8.61. The Kier molecular flexibility index (Phi) is 11.4. The van der Waals surface area contributed by atoms with E-state index >= 15 is 0 Å². The molecule has 0 aromatic heterocycles. The zero-order valence-electron chi connectivity index (χ0n) is 21.9. The van der Waals surface area contributed by atoms with Crippen LogP contribution in [0.15, 0.2) is 42.5 Å². The average molecular weight is 485 g/mol. The van der Waals surface area contributed by atoms with Crippen LogP contribution in [0.3, 0.4) is 0 Å². The maximum Gasteiger partial charge on any atom is 0.243 e. The van der Waals surface area contributed by atoms with Gasteiger partial charge in [0.15, 0.2) is 11.5 Å². The van der Waals surface area contributed by atoms with Gasteiger partial charge in [0.1, 0.15) is 11.8 Å². The van der Waals surface area contributed by atoms with Gasteiger partial charge in [-0.05, 0) is 75.9 Å². The van der Waals surface area contributed by atoms with Gasteiger partial charge in [-0.2, -0.15) is 0 Å². The molecule has 2 aromatic rings. The molecule has 35 heavy (non-hydrogen) atoms. The molecule has 0 spiro atoms. The summed E-state index contributed by atoms with van der Waals surface area (Å²) < 4.78 is 16.7. The molecule has 0 aliphatic carbocycles. The SMILES string of the molecule is CCOc1ccc(CCC(=O)N(Cc2cccc(OC)c2)[C@H](CC)C(=O)NC(C)C)cc1OCC. The topological polar surface area (TPSA) is 77.1 Å². The van der Waals surface area contributed by atoms with Gasteiger partial charge in [-0.1, -0.05) is 25.1 Å². The molecule has 0 saturated carbocycles. The van der Waals surface area contributed by atoms with Gasteiger partial charge in [0.2, 0.25) is 11.8 Å². The number of nitrogens with zero attached hydrogens (tertiary/aromatic N) is 1. The van der Waals surface area contributed by atoms with Crippen LogP contribution < -0.4 is 19.5 Å². The molecule has 1 atom stereocenters. The summed E-state index contributed by atoms with van der Waals surface area (Å²) in [5, 5.41) is 2.96. The van der Waals surface area contributed by atoms with Crippen molar-refractivity contribution in [2.75, 3.05) is 20.3 Å². The Bertz CT molecular complexity index is 960. The van der Waals surface area contributed by atoms with Crippen molar-refractivity contribution < 1.29 is 23.8 Å². The molecular formula is C28H40N2O5. The summed E-state index contributed by atoms with van der Waals surface area (Å²) in [6.45, 7) is 11.0. The third kappa shape index (κ3) is 8.50. The molecule has 0 heterocycles. The Morgan fingerprint density at radius 1 is 0.943 bits per heavy atom. The molecule has 0 bridgehead atoms. The first kappa shape index (κ1) is 28.0. The molecule has 0 aliphatic heterocycles. The van der Waals surface area contributed by atoms with Crippen LogP contribution in [0.5, 0.6) is 17.2 Å². The number of aryl methyl sites for hydroxylation is 1. The minimum absolute atomic E-state index is 0.00818. The summed E-state index contributed by atoms with van der Waals surface area (Å²) >= 11 is 0. The molecule has 2 amide bonds. The molecule has 2 rings (SSSR count). The molecule has 2 aromatic carbocycles. The highest BCUT2D eigenvalue weighted by Crippen LogP contribution is 2.29. The lowest BCUT2D eigenvalue weighted by Gasteiger charge is -2.31. The molecule has 0 saturated heterocycles. The van der Waals surface area contributed by atoms with Crippen LogP contribution in [0, 0.1) is 0 Å². The minimum atomic E-state index is -0.560. The van der Waals surface area contributed by atoms with Crippen LogP contribution in [0.1, 0.15) is 58.6 Å². The molecule has 0 aliphatic rings. The van der Waals surface area contributed by atoms with Crippen molar-refractivity contribution in [3.63, 3.8) is 0 Å². The maximum atomic E-state index is 13.5. The second-order valence-electron chi connectivity index (χ2n) is 8.61. The zero-order valence-corrected chi connectivity index (χ0v) is 21.9. The first-order valence-electron chi connectivity index (χ1n) is 12.4. The normalized spacial score (nSPS) is 11.6. The quantitative estimate of drug-likeness (QED) is 0.418. The van der Waals surface area contributed by atoms with Crippen LogP contribution in [-0.2, 0) is 22.6 Å². The predicted octanol–water partition coefficient (Wildman–Crippen LogP) is 4.76. The predicted molar refractivity (Wildman–Crippen MR) is 138 cm³/mol. The van der Waals surface area contributed by atoms with Gasteiger partial charge in [-0.15, -0.1) is 0 Å². The van der Waals surface area contributed by atoms with Gasteiger partial charge in [0.05, 0.1) is 20.3 Å². The Balaban J connectivity index is 2.25. The van der Waals surface area contributed by atoms with E-state index < -0.39 is 6.04 Å². The highest BCUT2D eigenvalue weighted by Gasteiger charge is 2.29. The van der Waals surface area contributed by atoms with Crippen LogP contribution in [-0.4, -0.2) is 49.1 Å². The number of rotatable bonds is 14. The lowest BCUT2D eigenvalue weighted by Crippen LogP contribution is -2.50. The van der Waals surface area contributed by atoms with Crippen LogP contribution in [0.4, 0.5) is 0 Å². The van der Waals surface area contributed by atoms with Crippen molar-refractivity contribution in [2.24, 2.45) is 0 Å². The Hall–Kier alpha value is -3.22. The van der Waals surface area contributed by atoms with Crippen molar-refractivity contribution in [2.45, 2.75) is 72.5 Å². The van der Waals surface area contributed by atoms with Crippen molar-refractivity contribution in [1.29, 1.82) is 0 Å². The van der Waals surface area contributed by atoms with Gasteiger partial charge in [-0.25, -0.2) is 0 Å². The first-order valence-corrected chi connectivity index (χ1v) is 12.4. The summed E-state index contributed by atoms with van der Waals surface area (Å²) in [6.07, 6.45) is 1.32. The lowest BCUT2D eigenvalue weighted by atomic mass is 10.1. The number of ether oxygens (including phenoxy) is 3. The van der Waals surface area contributed by atoms with E-state index in [4.69, 9.17) is 14.2 Å². The molecule has 192 valence electrons. The fourth-order valence-electron chi connectivity index (χ4n) is 3.91. The summed E-state index contributed by atoms with van der Waals surface area (Å²) in [7, 11) is 1.61. The standard InChI is InChI=1S/C28H40N2O5/c1-7-24(28(32)29-20(4)5)30(19-22-11-10-12-23(17-22)33-6)27(31)16-14-21-13-15-25(34-8-2)26(18-21)35-9-3/h10-13,15,17-18,20,24H,7-9,14,16,19H2,1-6H3,(H,29,32)/t24-/m1/s1. The first-order chi connectivity index (χ1) is 16.8. The Morgan fingerprint density at radius 2 is 1.66 bits per heavy atom. The number of methoxy groups -OCH3 is 1. The van der Waals surface area contributed by atoms with Gasteiger partial charge in [0.25, 0.3) is 0 Å². The van der Waals surface area contributed by atoms with Crippen molar-refractivity contribution in [3.8, 4) is 17.2 Å². The van der Waals surface area contributed by atoms with Crippen LogP contribution >= 0.6 is 0 Å². The number of nitrogens with one attached hydrogen (secondary N) is 1. The molecule has 0 fully saturated rings. The van der Waals surface area contributed by atoms with E-state index in [0.29, 0.717) is 49.8 Å². The van der Waals surface area contributed by atoms with E-state index in [1.165, 1.54) is 0 Å². The maximum absolute atomic E-state index is 13.5. The fourth-order valence-corrected chi connectivity index (χ4v) is 3.91. The lowest BCUT2D eigenvalue weighted by molar-refractivity contribution is -0.141. The Morgan fingerprint density at radius 3 is 2.29 bits per heavy atom. The van der Waals surface area contributed by atoms with E-state index in [2.05, 4.69) is 5.32 Å². The molecular weight excluding hydrogens is 444 g/mol. The highest BCUT2D eigenvalue weighted by atomic mass is 16.5. The number of carbonyl (C=O) groups is 2. The highest BCUT2D eigenvalue weighted by molar-refractivity contribution is 5.87. The van der Waals surface area contributed by atoms with E-state index in [1.54, 1.807) is 12.0 Å². The minimum Gasteiger partial charge on any atom is -0.497 e. The van der Waals surface area contributed by atoms with Gasteiger partial charge < -0.3 is 24.4 Å². The summed E-state index contributed by atoms with van der Waals surface area (Å²) in [5.74, 6) is 1.87. The smallest absolute Gasteiger partial charge is 0.243 e. The summed E-state index contributed by atoms with van der Waals surface area (Å²) in [6, 6.07) is 12.8. The van der Waals surface area contributed by atoms with E-state index in [9.17, 15) is 9.59 Å². The molecule has 7 nitrogen and oxygen atoms in total. The molecule has 7 heteroatoms. The second kappa shape index (κ2) is 14.2. The molecule has 0 radical (unpaired) electrons. The largest absolute Gasteiger partial charge is 0.497 e. The molecule has 0 unspecified atom stereocenters. The van der Waals surface area contributed by atoms with Crippen LogP contribution in [0.2, 0.25) is 0 Å². The molecule has 1 N–H and O–H groups in total. The van der Waals surface area contributed by atoms with Crippen LogP contribution in [0.25, 0.3) is 0 Å². The van der Waals surface area contributed by atoms with E-state index in [-0.39, 0.29) is 24.3 Å². The van der Waals surface area contributed by atoms with Gasteiger partial charge >= 0.3 is 0 Å². The number of hydrogen-bond donors (Lipinski definition) is 1. The monoisotopic (exact) mass is 484 g/mol. The third-order valence-electron chi connectivity index (χ3n) is 5.54. The van der Waals surface area contributed by atoms with E-state index in [1.807, 2.05) is 77.1 Å². The number of carbonyl (C=O) groups excluding carboxylic acids is 2. The summed E-state index contributed by atoms with van der Waals surface area (Å²) in [5.41, 5.74) is 1.89. The van der Waals surface area contributed by atoms with Gasteiger partial charge in [-0.3, -0.25) is 9.59 Å². The summed E-state index contributed by atoms with van der Waals surface area (Å²) in [4.78, 5) is 28.2. The van der Waals surface area contributed by atoms with Crippen molar-refractivity contribution >= 4 is 11.8 Å². The number of benzene rings is 2. The van der Waals surface area contributed by atoms with Gasteiger partial charge in [0, 0.05) is 19.0 Å². The average Bonchev–Trinajstić information content (AvgIpc) is 2.83. The van der Waals surface area contributed by atoms with Crippen molar-refractivity contribution in [1.82, 2.24) is 10.2 Å². The number of amides is 2. The zero-order chi connectivity index (χ0) is 25.8. The van der Waals surface area contributed by atoms with Crippen molar-refractivity contribution in [3.05, 3.63) is 53.6 Å².